The van der Waals surface area contributed by atoms with E-state index >= 15 is 0 Å². The topological polar surface area (TPSA) is 48.4 Å². The van der Waals surface area contributed by atoms with Crippen LogP contribution in [0, 0.1) is 0 Å². The molecule has 0 amide bonds. The van der Waals surface area contributed by atoms with Gasteiger partial charge in [0, 0.05) is 16.6 Å². The molecule has 3 rings (SSSR count). The first-order valence-corrected chi connectivity index (χ1v) is 6.67. The molecule has 19 heavy (non-hydrogen) atoms. The van der Waals surface area contributed by atoms with Crippen LogP contribution in [0.15, 0.2) is 57.6 Å². The van der Waals surface area contributed by atoms with Crippen LogP contribution in [0.5, 0.6) is 5.75 Å². The van der Waals surface area contributed by atoms with Gasteiger partial charge in [-0.15, -0.1) is 0 Å². The van der Waals surface area contributed by atoms with Crippen molar-refractivity contribution in [3.8, 4) is 5.75 Å². The number of nitrogen functional groups attached to an aromatic ring is 1. The average Bonchev–Trinajstić information content (AvgIpc) is 2.83. The van der Waals surface area contributed by atoms with Gasteiger partial charge < -0.3 is 14.9 Å². The highest BCUT2D eigenvalue weighted by molar-refractivity contribution is 9.10. The molecule has 0 spiro atoms. The number of anilines is 1. The first kappa shape index (κ1) is 12.1. The number of halogens is 1. The van der Waals surface area contributed by atoms with Gasteiger partial charge in [0.05, 0.1) is 10.7 Å². The third kappa shape index (κ3) is 2.31. The fourth-order valence-corrected chi connectivity index (χ4v) is 2.41. The van der Waals surface area contributed by atoms with Crippen molar-refractivity contribution in [2.45, 2.75) is 6.61 Å². The summed E-state index contributed by atoms with van der Waals surface area (Å²) in [6, 6.07) is 13.4. The Bertz CT molecular complexity index is 721. The van der Waals surface area contributed by atoms with Crippen molar-refractivity contribution in [1.29, 1.82) is 0 Å². The Morgan fingerprint density at radius 1 is 1.11 bits per heavy atom. The van der Waals surface area contributed by atoms with E-state index in [0.29, 0.717) is 12.3 Å². The number of para-hydroxylation sites is 1. The first-order chi connectivity index (χ1) is 9.25. The largest absolute Gasteiger partial charge is 0.488 e. The lowest BCUT2D eigenvalue weighted by atomic mass is 10.1. The molecule has 0 aliphatic heterocycles. The molecule has 2 N–H and O–H groups in total. The van der Waals surface area contributed by atoms with E-state index < -0.39 is 0 Å². The van der Waals surface area contributed by atoms with Gasteiger partial charge in [-0.05, 0) is 40.2 Å². The van der Waals surface area contributed by atoms with Crippen molar-refractivity contribution in [3.05, 3.63) is 58.8 Å². The van der Waals surface area contributed by atoms with Crippen LogP contribution in [-0.2, 0) is 6.61 Å². The summed E-state index contributed by atoms with van der Waals surface area (Å²) in [5.41, 5.74) is 8.41. The van der Waals surface area contributed by atoms with Crippen LogP contribution < -0.4 is 10.5 Å². The molecule has 3 aromatic rings. The monoisotopic (exact) mass is 317 g/mol. The standard InChI is InChI=1S/C15H12BrNO2/c16-11-4-1-2-6-13(11)18-8-10-9-19-14-7-3-5-12(17)15(10)14/h1-7,9H,8,17H2. The lowest BCUT2D eigenvalue weighted by molar-refractivity contribution is 0.304. The molecule has 0 atom stereocenters. The average molecular weight is 318 g/mol. The van der Waals surface area contributed by atoms with E-state index in [0.717, 1.165) is 26.8 Å². The number of hydrogen-bond donors (Lipinski definition) is 1. The third-order valence-corrected chi connectivity index (χ3v) is 3.58. The zero-order valence-electron chi connectivity index (χ0n) is 10.1. The van der Waals surface area contributed by atoms with Crippen molar-refractivity contribution < 1.29 is 9.15 Å². The predicted octanol–water partition coefficient (Wildman–Crippen LogP) is 4.36. The van der Waals surface area contributed by atoms with E-state index in [9.17, 15) is 0 Å². The molecule has 0 fully saturated rings. The first-order valence-electron chi connectivity index (χ1n) is 5.87. The quantitative estimate of drug-likeness (QED) is 0.730. The van der Waals surface area contributed by atoms with E-state index in [1.54, 1.807) is 6.26 Å². The van der Waals surface area contributed by atoms with Gasteiger partial charge in [-0.25, -0.2) is 0 Å². The maximum Gasteiger partial charge on any atom is 0.136 e. The van der Waals surface area contributed by atoms with E-state index in [4.69, 9.17) is 14.9 Å². The molecular weight excluding hydrogens is 306 g/mol. The van der Waals surface area contributed by atoms with Gasteiger partial charge >= 0.3 is 0 Å². The van der Waals surface area contributed by atoms with Gasteiger partial charge in [-0.2, -0.15) is 0 Å². The minimum atomic E-state index is 0.420. The Labute approximate surface area is 119 Å². The molecule has 3 nitrogen and oxygen atoms in total. The second-order valence-electron chi connectivity index (χ2n) is 4.20. The van der Waals surface area contributed by atoms with Crippen LogP contribution in [-0.4, -0.2) is 0 Å². The molecule has 96 valence electrons. The molecule has 0 bridgehead atoms. The second kappa shape index (κ2) is 4.97. The Hall–Kier alpha value is -1.94. The molecule has 0 saturated carbocycles. The van der Waals surface area contributed by atoms with Gasteiger partial charge in [0.15, 0.2) is 0 Å². The highest BCUT2D eigenvalue weighted by Crippen LogP contribution is 2.29. The van der Waals surface area contributed by atoms with Crippen LogP contribution >= 0.6 is 15.9 Å². The van der Waals surface area contributed by atoms with E-state index in [1.807, 2.05) is 42.5 Å². The minimum Gasteiger partial charge on any atom is -0.488 e. The van der Waals surface area contributed by atoms with Crippen molar-refractivity contribution in [1.82, 2.24) is 0 Å². The molecule has 4 heteroatoms. The van der Waals surface area contributed by atoms with E-state index in [1.165, 1.54) is 0 Å². The van der Waals surface area contributed by atoms with Crippen LogP contribution in [0.3, 0.4) is 0 Å². The lowest BCUT2D eigenvalue weighted by Crippen LogP contribution is -1.96. The third-order valence-electron chi connectivity index (χ3n) is 2.93. The fourth-order valence-electron chi connectivity index (χ4n) is 2.01. The van der Waals surface area contributed by atoms with Gasteiger partial charge in [0.1, 0.15) is 17.9 Å². The number of hydrogen-bond acceptors (Lipinski definition) is 3. The molecule has 0 aliphatic rings. The highest BCUT2D eigenvalue weighted by Gasteiger charge is 2.10. The molecule has 0 saturated heterocycles. The maximum absolute atomic E-state index is 5.98. The summed E-state index contributed by atoms with van der Waals surface area (Å²) in [6.45, 7) is 0.420. The summed E-state index contributed by atoms with van der Waals surface area (Å²) < 4.78 is 12.2. The summed E-state index contributed by atoms with van der Waals surface area (Å²) in [7, 11) is 0. The summed E-state index contributed by atoms with van der Waals surface area (Å²) in [5, 5.41) is 0.926. The molecule has 2 aromatic carbocycles. The Morgan fingerprint density at radius 2 is 1.95 bits per heavy atom. The maximum atomic E-state index is 5.98. The van der Waals surface area contributed by atoms with E-state index in [2.05, 4.69) is 15.9 Å². The molecule has 1 aromatic heterocycles. The van der Waals surface area contributed by atoms with E-state index in [-0.39, 0.29) is 0 Å². The summed E-state index contributed by atoms with van der Waals surface area (Å²) >= 11 is 3.45. The van der Waals surface area contributed by atoms with Crippen molar-refractivity contribution in [2.75, 3.05) is 5.73 Å². The number of fused-ring (bicyclic) bond motifs is 1. The molecule has 0 unspecified atom stereocenters. The zero-order chi connectivity index (χ0) is 13.2. The van der Waals surface area contributed by atoms with Crippen LogP contribution in [0.4, 0.5) is 5.69 Å². The number of rotatable bonds is 3. The van der Waals surface area contributed by atoms with Crippen LogP contribution in [0.25, 0.3) is 11.0 Å². The predicted molar refractivity (Wildman–Crippen MR) is 79.1 cm³/mol. The normalized spacial score (nSPS) is 10.8. The molecular formula is C15H12BrNO2. The van der Waals surface area contributed by atoms with Crippen molar-refractivity contribution in [3.63, 3.8) is 0 Å². The highest BCUT2D eigenvalue weighted by atomic mass is 79.9. The van der Waals surface area contributed by atoms with Gasteiger partial charge in [-0.3, -0.25) is 0 Å². The Kier molecular flexibility index (Phi) is 3.17. The smallest absolute Gasteiger partial charge is 0.136 e. The second-order valence-corrected chi connectivity index (χ2v) is 5.05. The van der Waals surface area contributed by atoms with Crippen molar-refractivity contribution in [2.24, 2.45) is 0 Å². The summed E-state index contributed by atoms with van der Waals surface area (Å²) in [6.07, 6.45) is 1.69. The Balaban J connectivity index is 1.89. The summed E-state index contributed by atoms with van der Waals surface area (Å²) in [4.78, 5) is 0. The van der Waals surface area contributed by atoms with Crippen molar-refractivity contribution >= 4 is 32.6 Å². The lowest BCUT2D eigenvalue weighted by Gasteiger charge is -2.07. The SMILES string of the molecule is Nc1cccc2occ(COc3ccccc3Br)c12. The van der Waals surface area contributed by atoms with Gasteiger partial charge in [0.25, 0.3) is 0 Å². The number of ether oxygens (including phenoxy) is 1. The molecule has 0 radical (unpaired) electrons. The fraction of sp³-hybridized carbons (Fsp3) is 0.0667. The molecule has 1 heterocycles. The molecule has 0 aliphatic carbocycles. The van der Waals surface area contributed by atoms with Crippen LogP contribution in [0.2, 0.25) is 0 Å². The van der Waals surface area contributed by atoms with Crippen LogP contribution in [0.1, 0.15) is 5.56 Å². The van der Waals surface area contributed by atoms with Gasteiger partial charge in [-0.1, -0.05) is 18.2 Å². The summed E-state index contributed by atoms with van der Waals surface area (Å²) in [5.74, 6) is 0.798. The minimum absolute atomic E-state index is 0.420. The zero-order valence-corrected chi connectivity index (χ0v) is 11.7. The Morgan fingerprint density at radius 3 is 2.79 bits per heavy atom. The number of nitrogens with two attached hydrogens (primary N) is 1. The number of benzene rings is 2. The van der Waals surface area contributed by atoms with Gasteiger partial charge in [0.2, 0.25) is 0 Å². The number of furan rings is 1.